The highest BCUT2D eigenvalue weighted by atomic mass is 32.1. The van der Waals surface area contributed by atoms with Crippen molar-refractivity contribution in [2.75, 3.05) is 32.8 Å². The van der Waals surface area contributed by atoms with Crippen LogP contribution in [0.5, 0.6) is 11.5 Å². The Labute approximate surface area is 166 Å². The molecule has 0 aliphatic carbocycles. The first-order chi connectivity index (χ1) is 13.5. The number of non-ortho nitro benzene ring substituents is 1. The van der Waals surface area contributed by atoms with Gasteiger partial charge in [0.05, 0.1) is 29.9 Å². The van der Waals surface area contributed by atoms with Crippen LogP contribution in [-0.4, -0.2) is 43.4 Å². The van der Waals surface area contributed by atoms with E-state index in [0.29, 0.717) is 18.1 Å². The number of nitrogens with one attached hydrogen (secondary N) is 2. The van der Waals surface area contributed by atoms with Crippen LogP contribution in [-0.2, 0) is 4.74 Å². The maximum absolute atomic E-state index is 12.5. The molecule has 1 amide bonds. The Balaban J connectivity index is 2.11. The van der Waals surface area contributed by atoms with Gasteiger partial charge in [0.25, 0.3) is 11.6 Å². The minimum atomic E-state index is -0.542. The van der Waals surface area contributed by atoms with Gasteiger partial charge >= 0.3 is 0 Å². The van der Waals surface area contributed by atoms with Crippen LogP contribution in [0.4, 0.5) is 11.4 Å². The smallest absolute Gasteiger partial charge is 0.271 e. The summed E-state index contributed by atoms with van der Waals surface area (Å²) in [5, 5.41) is 16.2. The molecule has 0 spiro atoms. The molecule has 10 heteroatoms. The van der Waals surface area contributed by atoms with Crippen molar-refractivity contribution in [2.24, 2.45) is 0 Å². The van der Waals surface area contributed by atoms with Crippen LogP contribution in [0.1, 0.15) is 10.4 Å². The third kappa shape index (κ3) is 5.63. The van der Waals surface area contributed by atoms with E-state index in [4.69, 9.17) is 26.4 Å². The fraction of sp³-hybridized carbons (Fsp3) is 0.222. The fourth-order valence-corrected chi connectivity index (χ4v) is 2.45. The monoisotopic (exact) mass is 405 g/mol. The number of hydrogen-bond donors (Lipinski definition) is 2. The molecule has 2 aromatic carbocycles. The van der Waals surface area contributed by atoms with Crippen molar-refractivity contribution in [3.8, 4) is 11.5 Å². The number of benzene rings is 2. The highest BCUT2D eigenvalue weighted by Crippen LogP contribution is 2.28. The van der Waals surface area contributed by atoms with E-state index in [2.05, 4.69) is 10.6 Å². The Morgan fingerprint density at radius 1 is 1.14 bits per heavy atom. The largest absolute Gasteiger partial charge is 0.495 e. The zero-order valence-electron chi connectivity index (χ0n) is 15.3. The van der Waals surface area contributed by atoms with Crippen LogP contribution in [0.3, 0.4) is 0 Å². The van der Waals surface area contributed by atoms with E-state index < -0.39 is 10.8 Å². The van der Waals surface area contributed by atoms with Gasteiger partial charge in [0.15, 0.2) is 5.11 Å². The van der Waals surface area contributed by atoms with E-state index in [0.717, 1.165) is 0 Å². The number of rotatable bonds is 8. The third-order valence-corrected chi connectivity index (χ3v) is 3.75. The van der Waals surface area contributed by atoms with Gasteiger partial charge in [-0.05, 0) is 30.4 Å². The summed E-state index contributed by atoms with van der Waals surface area (Å²) in [6.07, 6.45) is 0. The average molecular weight is 405 g/mol. The average Bonchev–Trinajstić information content (AvgIpc) is 2.68. The molecule has 0 unspecified atom stereocenters. The van der Waals surface area contributed by atoms with Gasteiger partial charge in [-0.25, -0.2) is 0 Å². The van der Waals surface area contributed by atoms with Crippen molar-refractivity contribution in [3.63, 3.8) is 0 Å². The first-order valence-corrected chi connectivity index (χ1v) is 8.52. The van der Waals surface area contributed by atoms with E-state index >= 15 is 0 Å². The Hall–Kier alpha value is -3.24. The number of carbonyl (C=O) groups excluding carboxylic acids is 1. The summed E-state index contributed by atoms with van der Waals surface area (Å²) in [4.78, 5) is 23.0. The maximum Gasteiger partial charge on any atom is 0.271 e. The van der Waals surface area contributed by atoms with E-state index in [9.17, 15) is 14.9 Å². The lowest BCUT2D eigenvalue weighted by Gasteiger charge is -2.14. The topological polar surface area (TPSA) is 112 Å². The van der Waals surface area contributed by atoms with Gasteiger partial charge in [-0.3, -0.25) is 20.2 Å². The SMILES string of the molecule is COCCOc1ccccc1C(=O)NC(=S)Nc1cc([N+](=O)[O-])ccc1OC. The van der Waals surface area contributed by atoms with Crippen LogP contribution in [0.25, 0.3) is 0 Å². The van der Waals surface area contributed by atoms with Crippen molar-refractivity contribution in [2.45, 2.75) is 0 Å². The predicted octanol–water partition coefficient (Wildman–Crippen LogP) is 2.76. The van der Waals surface area contributed by atoms with Gasteiger partial charge in [0, 0.05) is 19.2 Å². The maximum atomic E-state index is 12.5. The number of amides is 1. The molecular formula is C18H19N3O6S. The van der Waals surface area contributed by atoms with Gasteiger partial charge in [-0.2, -0.15) is 0 Å². The molecule has 0 radical (unpaired) electrons. The summed E-state index contributed by atoms with van der Waals surface area (Å²) in [6, 6.07) is 10.7. The number of para-hydroxylation sites is 1. The summed E-state index contributed by atoms with van der Waals surface area (Å²) < 4.78 is 15.6. The van der Waals surface area contributed by atoms with Crippen LogP contribution >= 0.6 is 12.2 Å². The molecule has 0 saturated carbocycles. The summed E-state index contributed by atoms with van der Waals surface area (Å²) in [6.45, 7) is 0.664. The molecule has 0 aromatic heterocycles. The van der Waals surface area contributed by atoms with Gasteiger partial charge in [0.1, 0.15) is 18.1 Å². The third-order valence-electron chi connectivity index (χ3n) is 3.55. The van der Waals surface area contributed by atoms with E-state index in [1.807, 2.05) is 0 Å². The number of hydrogen-bond acceptors (Lipinski definition) is 7. The number of nitro benzene ring substituents is 1. The predicted molar refractivity (Wildman–Crippen MR) is 107 cm³/mol. The first kappa shape index (κ1) is 21.1. The molecule has 9 nitrogen and oxygen atoms in total. The number of thiocarbonyl (C=S) groups is 1. The molecule has 0 saturated heterocycles. The van der Waals surface area contributed by atoms with E-state index in [1.165, 1.54) is 25.3 Å². The summed E-state index contributed by atoms with van der Waals surface area (Å²) in [5.74, 6) is 0.230. The number of anilines is 1. The van der Waals surface area contributed by atoms with Crippen LogP contribution in [0.15, 0.2) is 42.5 Å². The highest BCUT2D eigenvalue weighted by Gasteiger charge is 2.16. The van der Waals surface area contributed by atoms with Crippen LogP contribution in [0.2, 0.25) is 0 Å². The second-order valence-corrected chi connectivity index (χ2v) is 5.80. The minimum Gasteiger partial charge on any atom is -0.495 e. The summed E-state index contributed by atoms with van der Waals surface area (Å²) in [7, 11) is 2.97. The van der Waals surface area contributed by atoms with Crippen LogP contribution in [0, 0.1) is 10.1 Å². The van der Waals surface area contributed by atoms with Gasteiger partial charge in [0.2, 0.25) is 0 Å². The minimum absolute atomic E-state index is 0.0458. The van der Waals surface area contributed by atoms with Crippen molar-refractivity contribution in [1.29, 1.82) is 0 Å². The number of carbonyl (C=O) groups is 1. The Bertz CT molecular complexity index is 874. The number of nitro groups is 1. The summed E-state index contributed by atoms with van der Waals surface area (Å²) >= 11 is 5.15. The molecule has 0 aliphatic rings. The normalized spacial score (nSPS) is 10.1. The molecule has 0 fully saturated rings. The molecule has 0 aliphatic heterocycles. The molecule has 0 atom stereocenters. The lowest BCUT2D eigenvalue weighted by atomic mass is 10.2. The van der Waals surface area contributed by atoms with Crippen molar-refractivity contribution in [1.82, 2.24) is 5.32 Å². The van der Waals surface area contributed by atoms with Crippen LogP contribution < -0.4 is 20.1 Å². The Kier molecular flexibility index (Phi) is 7.66. The zero-order chi connectivity index (χ0) is 20.5. The Morgan fingerprint density at radius 2 is 1.89 bits per heavy atom. The van der Waals surface area contributed by atoms with Gasteiger partial charge < -0.3 is 19.5 Å². The molecule has 2 N–H and O–H groups in total. The Morgan fingerprint density at radius 3 is 2.57 bits per heavy atom. The van der Waals surface area contributed by atoms with Crippen molar-refractivity contribution in [3.05, 3.63) is 58.1 Å². The number of nitrogens with zero attached hydrogens (tertiary/aromatic N) is 1. The number of ether oxygens (including phenoxy) is 3. The molecular weight excluding hydrogens is 386 g/mol. The second-order valence-electron chi connectivity index (χ2n) is 5.39. The van der Waals surface area contributed by atoms with Gasteiger partial charge in [-0.15, -0.1) is 0 Å². The molecule has 2 rings (SSSR count). The summed E-state index contributed by atoms with van der Waals surface area (Å²) in [5.41, 5.74) is 0.398. The van der Waals surface area contributed by atoms with E-state index in [1.54, 1.807) is 31.4 Å². The fourth-order valence-electron chi connectivity index (χ4n) is 2.25. The second kappa shape index (κ2) is 10.2. The molecule has 148 valence electrons. The van der Waals surface area contributed by atoms with E-state index in [-0.39, 0.29) is 28.7 Å². The molecule has 2 aromatic rings. The van der Waals surface area contributed by atoms with Gasteiger partial charge in [-0.1, -0.05) is 12.1 Å². The first-order valence-electron chi connectivity index (χ1n) is 8.11. The lowest BCUT2D eigenvalue weighted by Crippen LogP contribution is -2.34. The lowest BCUT2D eigenvalue weighted by molar-refractivity contribution is -0.384. The van der Waals surface area contributed by atoms with Crippen molar-refractivity contribution >= 4 is 34.6 Å². The molecule has 0 bridgehead atoms. The standard InChI is InChI=1S/C18H19N3O6S/c1-25-9-10-27-15-6-4-3-5-13(15)17(22)20-18(28)19-14-11-12(21(23)24)7-8-16(14)26-2/h3-8,11H,9-10H2,1-2H3,(H2,19,20,22,28). The quantitative estimate of drug-likeness (QED) is 0.298. The number of methoxy groups -OCH3 is 2. The molecule has 0 heterocycles. The molecule has 28 heavy (non-hydrogen) atoms. The highest BCUT2D eigenvalue weighted by molar-refractivity contribution is 7.80. The zero-order valence-corrected chi connectivity index (χ0v) is 16.1. The van der Waals surface area contributed by atoms with Crippen molar-refractivity contribution < 1.29 is 23.9 Å².